The van der Waals surface area contributed by atoms with Crippen molar-refractivity contribution in [3.63, 3.8) is 0 Å². The van der Waals surface area contributed by atoms with Gasteiger partial charge in [0.25, 0.3) is 11.8 Å². The Morgan fingerprint density at radius 1 is 0.518 bits per heavy atom. The molecule has 4 heterocycles. The van der Waals surface area contributed by atoms with Crippen molar-refractivity contribution >= 4 is 105 Å². The number of carbonyl (C=O) groups is 13. The summed E-state index contributed by atoms with van der Waals surface area (Å²) in [7, 11) is 0. The van der Waals surface area contributed by atoms with E-state index in [0.717, 1.165) is 10.8 Å². The summed E-state index contributed by atoms with van der Waals surface area (Å²) in [5, 5.41) is 46.4. The number of carbonyl (C=O) groups excluding carboxylic acids is 13. The second-order valence-corrected chi connectivity index (χ2v) is 29.4. The smallest absolute Gasteiger partial charge is 0.271 e. The average molecular weight is 1590 g/mol. The SMILES string of the molecule is CC(=O)N[C@H](Cc1ccc2ccccc2c1)C(=O)N[C@H](Cc1ccc(Cl)cc1)C(=O)N[C@H](Cc1cccnc1)C(=O)N[C@@H](CO)C(=O)N[C@@H](CCCNC(=O)c1cnccn1)C(=O)N[C@H](CCCCNC(=O)c1ccc(N)nc1)C(=O)N[C@@H](CC(C)C)C(=O)N[C@@H](CCCCNC(C)C)C(=O)N1CCC[C@H]1C(=O)N[C@H](C)C(N)=O. The molecule has 34 heteroatoms. The zero-order valence-electron chi connectivity index (χ0n) is 65.0. The number of aliphatic hydroxyl groups is 1. The van der Waals surface area contributed by atoms with Crippen molar-refractivity contribution in [2.75, 3.05) is 38.5 Å². The first-order valence-corrected chi connectivity index (χ1v) is 38.7. The molecule has 7 rings (SSSR count). The maximum absolute atomic E-state index is 15.2. The predicted octanol–water partition coefficient (Wildman–Crippen LogP) is 1.58. The molecule has 1 aliphatic rings. The largest absolute Gasteiger partial charge is 0.394 e. The first kappa shape index (κ1) is 89.6. The van der Waals surface area contributed by atoms with Crippen LogP contribution < -0.4 is 75.3 Å². The Kier molecular flexibility index (Phi) is 36.0. The van der Waals surface area contributed by atoms with Gasteiger partial charge in [-0.25, -0.2) is 9.97 Å². The Morgan fingerprint density at radius 3 is 1.67 bits per heavy atom. The van der Waals surface area contributed by atoms with E-state index in [9.17, 15) is 57.8 Å². The fourth-order valence-corrected chi connectivity index (χ4v) is 12.9. The number of anilines is 1. The number of fused-ring (bicyclic) bond motifs is 1. The first-order valence-electron chi connectivity index (χ1n) is 38.3. The summed E-state index contributed by atoms with van der Waals surface area (Å²) in [6.07, 6.45) is 9.55. The van der Waals surface area contributed by atoms with Crippen LogP contribution in [0.3, 0.4) is 0 Å². The van der Waals surface area contributed by atoms with Gasteiger partial charge in [-0.05, 0) is 148 Å². The molecule has 0 saturated carbocycles. The maximum Gasteiger partial charge on any atom is 0.271 e. The minimum Gasteiger partial charge on any atom is -0.394 e. The van der Waals surface area contributed by atoms with Gasteiger partial charge in [0.2, 0.25) is 65.0 Å². The third kappa shape index (κ3) is 29.5. The van der Waals surface area contributed by atoms with Crippen LogP contribution in [0, 0.1) is 5.92 Å². The number of likely N-dealkylation sites (tertiary alicyclic amines) is 1. The highest BCUT2D eigenvalue weighted by atomic mass is 35.5. The number of aliphatic hydroxyl groups excluding tert-OH is 1. The quantitative estimate of drug-likeness (QED) is 0.0241. The summed E-state index contributed by atoms with van der Waals surface area (Å²) < 4.78 is 0. The van der Waals surface area contributed by atoms with Crippen molar-refractivity contribution in [1.82, 2.24) is 88.6 Å². The molecule has 1 fully saturated rings. The van der Waals surface area contributed by atoms with Gasteiger partial charge in [-0.2, -0.15) is 0 Å². The van der Waals surface area contributed by atoms with E-state index in [4.69, 9.17) is 23.1 Å². The Labute approximate surface area is 667 Å². The normalized spacial score (nSPS) is 14.9. The van der Waals surface area contributed by atoms with E-state index in [2.05, 4.69) is 83.7 Å². The zero-order valence-corrected chi connectivity index (χ0v) is 65.8. The highest BCUT2D eigenvalue weighted by Gasteiger charge is 2.40. The molecule has 1 saturated heterocycles. The molecule has 33 nitrogen and oxygen atoms in total. The fraction of sp³-hybridized carbons (Fsp3) is 0.463. The predicted molar refractivity (Wildman–Crippen MR) is 425 cm³/mol. The number of rotatable bonds is 45. The van der Waals surface area contributed by atoms with Crippen LogP contribution in [0.2, 0.25) is 5.02 Å². The standard InChI is InChI=1S/C80H106ClN19O14/c1-47(2)38-61(74(108)95-60(20-10-11-32-86-48(3)4)80(114)100-37-15-22-67(100)79(113)91-49(5)69(83)103)96-73(107)58(19-9-12-33-88-70(104)56-27-30-68(82)90-44-56)93-72(106)59(21-14-34-89-71(105)65-45-85-35-36-87-65)94-78(112)66(46-101)99-77(111)64(42-53-16-13-31-84-43-53)98-76(110)63(40-51-24-28-57(81)29-25-51)97-75(109)62(92-50(6)102)41-52-23-26-54-17-7-8-18-55(54)39-52/h7-8,13,16-18,23-31,35-36,39,43-45,47-49,58-64,66-67,86,101H,9-12,14-15,19-22,32-34,37-38,40-42,46H2,1-6H3,(H2,82,90)(H2,83,103)(H,88,104)(H,89,105)(H,91,113)(H,92,102)(H,93,106)(H,94,112)(H,95,108)(H,96,107)(H,97,109)(H,98,110)(H,99,111)/t49-,58-,59+,60+,61+,62-,63-,64-,66+,67+/m1/s1. The minimum absolute atomic E-state index is 0.0114. The highest BCUT2D eigenvalue weighted by Crippen LogP contribution is 2.23. The number of amides is 13. The van der Waals surface area contributed by atoms with Gasteiger partial charge in [-0.15, -0.1) is 0 Å². The highest BCUT2D eigenvalue weighted by molar-refractivity contribution is 6.30. The van der Waals surface area contributed by atoms with E-state index >= 15 is 9.59 Å². The van der Waals surface area contributed by atoms with E-state index in [1.165, 1.54) is 68.1 Å². The van der Waals surface area contributed by atoms with E-state index in [-0.39, 0.29) is 119 Å². The Balaban J connectivity index is 1.16. The fourth-order valence-electron chi connectivity index (χ4n) is 12.8. The van der Waals surface area contributed by atoms with Crippen LogP contribution >= 0.6 is 11.6 Å². The Morgan fingerprint density at radius 2 is 1.06 bits per heavy atom. The van der Waals surface area contributed by atoms with Crippen LogP contribution in [0.1, 0.15) is 150 Å². The zero-order chi connectivity index (χ0) is 82.8. The lowest BCUT2D eigenvalue weighted by Gasteiger charge is -2.31. The lowest BCUT2D eigenvalue weighted by atomic mass is 9.99. The van der Waals surface area contributed by atoms with E-state index in [1.807, 2.05) is 56.3 Å². The molecule has 0 aliphatic carbocycles. The number of hydrogen-bond donors (Lipinski definition) is 15. The van der Waals surface area contributed by atoms with Crippen molar-refractivity contribution in [3.05, 3.63) is 161 Å². The van der Waals surface area contributed by atoms with Crippen LogP contribution in [-0.2, 0) is 72.0 Å². The lowest BCUT2D eigenvalue weighted by Crippen LogP contribution is -2.61. The molecule has 3 aromatic heterocycles. The number of hydrogen-bond acceptors (Lipinski definition) is 20. The minimum atomic E-state index is -1.87. The molecular formula is C80H106ClN19O14. The molecule has 0 spiro atoms. The molecule has 17 N–H and O–H groups in total. The van der Waals surface area contributed by atoms with Crippen molar-refractivity contribution in [2.45, 2.75) is 198 Å². The number of primary amides is 1. The summed E-state index contributed by atoms with van der Waals surface area (Å²) >= 11 is 6.26. The molecular weight excluding hydrogens is 1490 g/mol. The molecule has 6 aromatic rings. The molecule has 13 amide bonds. The number of nitrogen functional groups attached to an aromatic ring is 1. The molecule has 0 bridgehead atoms. The lowest BCUT2D eigenvalue weighted by molar-refractivity contribution is -0.142. The van der Waals surface area contributed by atoms with Gasteiger partial charge in [0.05, 0.1) is 18.4 Å². The third-order valence-corrected chi connectivity index (χ3v) is 19.1. The van der Waals surface area contributed by atoms with Crippen LogP contribution in [0.15, 0.2) is 128 Å². The molecule has 0 unspecified atom stereocenters. The topological polar surface area (TPSA) is 493 Å². The number of unbranched alkanes of at least 4 members (excludes halogenated alkanes) is 2. The van der Waals surface area contributed by atoms with Crippen molar-refractivity contribution in [2.24, 2.45) is 11.7 Å². The number of nitrogens with zero attached hydrogens (tertiary/aromatic N) is 5. The second kappa shape index (κ2) is 45.8. The van der Waals surface area contributed by atoms with Gasteiger partial charge >= 0.3 is 0 Å². The van der Waals surface area contributed by atoms with Crippen LogP contribution in [0.4, 0.5) is 5.82 Å². The summed E-state index contributed by atoms with van der Waals surface area (Å²) in [5.74, 6) is -10.0. The summed E-state index contributed by atoms with van der Waals surface area (Å²) in [6, 6.07) is 12.2. The number of nitrogens with one attached hydrogen (secondary N) is 12. The Bertz CT molecular complexity index is 4240. The molecule has 3 aromatic carbocycles. The van der Waals surface area contributed by atoms with Gasteiger partial charge in [0.15, 0.2) is 0 Å². The van der Waals surface area contributed by atoms with Crippen molar-refractivity contribution in [1.29, 1.82) is 0 Å². The van der Waals surface area contributed by atoms with E-state index in [1.54, 1.807) is 50.2 Å². The van der Waals surface area contributed by atoms with Gasteiger partial charge in [-0.1, -0.05) is 100.0 Å². The number of benzene rings is 3. The molecule has 10 atom stereocenters. The van der Waals surface area contributed by atoms with Crippen LogP contribution in [0.25, 0.3) is 10.8 Å². The Hall–Kier alpha value is -11.6. The third-order valence-electron chi connectivity index (χ3n) is 18.9. The first-order chi connectivity index (χ1) is 54.5. The molecule has 0 radical (unpaired) electrons. The van der Waals surface area contributed by atoms with E-state index in [0.29, 0.717) is 47.5 Å². The maximum atomic E-state index is 15.2. The van der Waals surface area contributed by atoms with Crippen LogP contribution in [-0.4, -0.2) is 206 Å². The number of nitrogens with two attached hydrogens (primary N) is 2. The van der Waals surface area contributed by atoms with Gasteiger partial charge in [0.1, 0.15) is 71.9 Å². The second-order valence-electron chi connectivity index (χ2n) is 28.9. The number of halogens is 1. The van der Waals surface area contributed by atoms with E-state index < -0.39 is 144 Å². The summed E-state index contributed by atoms with van der Waals surface area (Å²) in [4.78, 5) is 201. The van der Waals surface area contributed by atoms with Crippen LogP contribution in [0.5, 0.6) is 0 Å². The average Bonchev–Trinajstić information content (AvgIpc) is 1.79. The molecule has 114 heavy (non-hydrogen) atoms. The van der Waals surface area contributed by atoms with Gasteiger partial charge in [0, 0.05) is 87.9 Å². The summed E-state index contributed by atoms with van der Waals surface area (Å²) in [6.45, 7) is 9.87. The van der Waals surface area contributed by atoms with Crippen molar-refractivity contribution in [3.8, 4) is 0 Å². The molecule has 612 valence electrons. The monoisotopic (exact) mass is 1590 g/mol. The van der Waals surface area contributed by atoms with Gasteiger partial charge < -0.3 is 85.3 Å². The number of pyridine rings is 2. The van der Waals surface area contributed by atoms with Gasteiger partial charge in [-0.3, -0.25) is 72.3 Å². The van der Waals surface area contributed by atoms with Crippen molar-refractivity contribution < 1.29 is 67.4 Å². The number of aromatic nitrogens is 4. The molecule has 1 aliphatic heterocycles. The summed E-state index contributed by atoms with van der Waals surface area (Å²) in [5.41, 5.74) is 13.1.